The summed E-state index contributed by atoms with van der Waals surface area (Å²) in [6.07, 6.45) is 16.7. The molecule has 1 spiro atoms. The van der Waals surface area contributed by atoms with Crippen molar-refractivity contribution in [3.63, 3.8) is 0 Å². The molecule has 5 aliphatic rings. The van der Waals surface area contributed by atoms with Crippen LogP contribution in [0.15, 0.2) is 12.2 Å². The first-order chi connectivity index (χ1) is 10.1. The molecule has 0 aromatic heterocycles. The first-order valence-corrected chi connectivity index (χ1v) is 9.35. The van der Waals surface area contributed by atoms with Gasteiger partial charge in [-0.2, -0.15) is 0 Å². The predicted molar refractivity (Wildman–Crippen MR) is 83.7 cm³/mol. The van der Waals surface area contributed by atoms with Crippen molar-refractivity contribution in [1.29, 1.82) is 0 Å². The molecule has 4 fully saturated rings. The number of ketones is 1. The highest BCUT2D eigenvalue weighted by Gasteiger charge is 2.64. The summed E-state index contributed by atoms with van der Waals surface area (Å²) in [5.74, 6) is 5.13. The molecule has 114 valence electrons. The fourth-order valence-electron chi connectivity index (χ4n) is 7.57. The molecular formula is C20H28O. The fourth-order valence-corrected chi connectivity index (χ4v) is 7.57. The maximum absolute atomic E-state index is 11.8. The van der Waals surface area contributed by atoms with Crippen LogP contribution in [0.5, 0.6) is 0 Å². The van der Waals surface area contributed by atoms with E-state index >= 15 is 0 Å². The molecule has 0 N–H and O–H groups in total. The molecule has 7 atom stereocenters. The molecule has 0 saturated heterocycles. The number of Topliss-reactive ketones (excluding diaryl/α,β-unsaturated/α-hetero) is 1. The van der Waals surface area contributed by atoms with Crippen LogP contribution < -0.4 is 0 Å². The number of carbonyl (C=O) groups excluding carboxylic acids is 1. The minimum atomic E-state index is 0.544. The van der Waals surface area contributed by atoms with Gasteiger partial charge in [-0.25, -0.2) is 0 Å². The van der Waals surface area contributed by atoms with Crippen molar-refractivity contribution in [2.24, 2.45) is 40.4 Å². The Morgan fingerprint density at radius 3 is 2.67 bits per heavy atom. The Labute approximate surface area is 128 Å². The lowest BCUT2D eigenvalue weighted by molar-refractivity contribution is -0.127. The van der Waals surface area contributed by atoms with E-state index in [-0.39, 0.29) is 0 Å². The summed E-state index contributed by atoms with van der Waals surface area (Å²) in [7, 11) is 0. The second-order valence-corrected chi connectivity index (χ2v) is 9.09. The smallest absolute Gasteiger partial charge is 0.133 e. The fraction of sp³-hybridized carbons (Fsp3) is 0.850. The van der Waals surface area contributed by atoms with Gasteiger partial charge >= 0.3 is 0 Å². The summed E-state index contributed by atoms with van der Waals surface area (Å²) >= 11 is 0. The van der Waals surface area contributed by atoms with E-state index in [2.05, 4.69) is 19.1 Å². The Hall–Kier alpha value is -0.590. The first-order valence-electron chi connectivity index (χ1n) is 9.35. The van der Waals surface area contributed by atoms with Crippen LogP contribution in [0.25, 0.3) is 0 Å². The lowest BCUT2D eigenvalue weighted by Crippen LogP contribution is -2.53. The molecule has 5 unspecified atom stereocenters. The maximum atomic E-state index is 11.8. The third kappa shape index (κ3) is 1.46. The zero-order valence-electron chi connectivity index (χ0n) is 13.3. The van der Waals surface area contributed by atoms with Crippen LogP contribution in [0, 0.1) is 40.4 Å². The summed E-state index contributed by atoms with van der Waals surface area (Å²) in [5, 5.41) is 0. The zero-order chi connectivity index (χ0) is 14.2. The predicted octanol–water partition coefficient (Wildman–Crippen LogP) is 4.76. The Balaban J connectivity index is 1.45. The van der Waals surface area contributed by atoms with E-state index in [4.69, 9.17) is 0 Å². The lowest BCUT2D eigenvalue weighted by atomic mass is 9.44. The van der Waals surface area contributed by atoms with Crippen molar-refractivity contribution in [2.45, 2.75) is 64.7 Å². The zero-order valence-corrected chi connectivity index (χ0v) is 13.3. The van der Waals surface area contributed by atoms with Crippen LogP contribution in [0.1, 0.15) is 64.7 Å². The molecule has 0 heterocycles. The molecule has 0 aliphatic heterocycles. The van der Waals surface area contributed by atoms with Crippen molar-refractivity contribution in [3.8, 4) is 0 Å². The van der Waals surface area contributed by atoms with Crippen molar-refractivity contribution >= 4 is 5.78 Å². The minimum absolute atomic E-state index is 0.544. The Bertz CT molecular complexity index is 520. The molecule has 5 rings (SSSR count). The molecule has 0 amide bonds. The maximum Gasteiger partial charge on any atom is 0.133 e. The number of fused-ring (bicyclic) bond motifs is 4. The van der Waals surface area contributed by atoms with Crippen LogP contribution in [0.4, 0.5) is 0 Å². The third-order valence-corrected chi connectivity index (χ3v) is 8.68. The molecule has 0 aromatic rings. The van der Waals surface area contributed by atoms with Gasteiger partial charge in [-0.15, -0.1) is 0 Å². The van der Waals surface area contributed by atoms with E-state index in [1.165, 1.54) is 44.9 Å². The van der Waals surface area contributed by atoms with Crippen LogP contribution in [0.3, 0.4) is 0 Å². The second-order valence-electron chi connectivity index (χ2n) is 9.09. The van der Waals surface area contributed by atoms with Gasteiger partial charge in [-0.3, -0.25) is 4.79 Å². The summed E-state index contributed by atoms with van der Waals surface area (Å²) in [6.45, 7) is 2.53. The first kappa shape index (κ1) is 12.9. The average Bonchev–Trinajstić information content (AvgIpc) is 2.68. The summed E-state index contributed by atoms with van der Waals surface area (Å²) < 4.78 is 0. The van der Waals surface area contributed by atoms with Gasteiger partial charge in [0.25, 0.3) is 0 Å². The summed E-state index contributed by atoms with van der Waals surface area (Å²) in [6, 6.07) is 0. The van der Waals surface area contributed by atoms with Gasteiger partial charge in [0.15, 0.2) is 0 Å². The highest BCUT2D eigenvalue weighted by Crippen LogP contribution is 2.72. The van der Waals surface area contributed by atoms with Crippen LogP contribution in [-0.2, 0) is 4.79 Å². The number of hydrogen-bond donors (Lipinski definition) is 0. The SMILES string of the molecule is CC12C=CC13CCC1[C@@H](CCC4CC(=O)CC[C@@H]41)C3CC2. The Kier molecular flexibility index (Phi) is 2.48. The molecule has 4 saturated carbocycles. The van der Waals surface area contributed by atoms with Crippen molar-refractivity contribution in [2.75, 3.05) is 0 Å². The molecule has 0 radical (unpaired) electrons. The number of rotatable bonds is 0. The highest BCUT2D eigenvalue weighted by atomic mass is 16.1. The molecular weight excluding hydrogens is 256 g/mol. The minimum Gasteiger partial charge on any atom is -0.300 e. The molecule has 5 aliphatic carbocycles. The summed E-state index contributed by atoms with van der Waals surface area (Å²) in [5.41, 5.74) is 1.13. The monoisotopic (exact) mass is 284 g/mol. The van der Waals surface area contributed by atoms with Gasteiger partial charge < -0.3 is 0 Å². The van der Waals surface area contributed by atoms with Gasteiger partial charge in [-0.05, 0) is 80.0 Å². The number of allylic oxidation sites excluding steroid dienone is 2. The molecule has 1 nitrogen and oxygen atoms in total. The van der Waals surface area contributed by atoms with Crippen molar-refractivity contribution in [1.82, 2.24) is 0 Å². The van der Waals surface area contributed by atoms with Gasteiger partial charge in [-0.1, -0.05) is 19.1 Å². The Morgan fingerprint density at radius 1 is 0.952 bits per heavy atom. The van der Waals surface area contributed by atoms with Crippen LogP contribution in [0.2, 0.25) is 0 Å². The molecule has 1 heteroatoms. The van der Waals surface area contributed by atoms with Gasteiger partial charge in [0, 0.05) is 18.3 Å². The van der Waals surface area contributed by atoms with E-state index in [9.17, 15) is 4.79 Å². The van der Waals surface area contributed by atoms with E-state index < -0.39 is 0 Å². The van der Waals surface area contributed by atoms with E-state index in [0.717, 1.165) is 42.4 Å². The van der Waals surface area contributed by atoms with Crippen LogP contribution in [-0.4, -0.2) is 5.78 Å². The average molecular weight is 284 g/mol. The van der Waals surface area contributed by atoms with Gasteiger partial charge in [0.2, 0.25) is 0 Å². The molecule has 0 bridgehead atoms. The topological polar surface area (TPSA) is 17.1 Å². The van der Waals surface area contributed by atoms with E-state index in [1.807, 2.05) is 0 Å². The highest BCUT2D eigenvalue weighted by molar-refractivity contribution is 5.79. The van der Waals surface area contributed by atoms with E-state index in [1.54, 1.807) is 0 Å². The van der Waals surface area contributed by atoms with Gasteiger partial charge in [0.05, 0.1) is 0 Å². The van der Waals surface area contributed by atoms with Crippen molar-refractivity contribution < 1.29 is 4.79 Å². The van der Waals surface area contributed by atoms with Gasteiger partial charge in [0.1, 0.15) is 5.78 Å². The lowest BCUT2D eigenvalue weighted by Gasteiger charge is -2.60. The van der Waals surface area contributed by atoms with Crippen LogP contribution >= 0.6 is 0 Å². The normalized spacial score (nSPS) is 57.8. The third-order valence-electron chi connectivity index (χ3n) is 8.68. The Morgan fingerprint density at radius 2 is 1.86 bits per heavy atom. The van der Waals surface area contributed by atoms with E-state index in [0.29, 0.717) is 16.6 Å². The summed E-state index contributed by atoms with van der Waals surface area (Å²) in [4.78, 5) is 11.8. The quantitative estimate of drug-likeness (QED) is 0.586. The largest absolute Gasteiger partial charge is 0.300 e. The molecule has 21 heavy (non-hydrogen) atoms. The standard InChI is InChI=1S/C20H28O/c1-19-8-7-18-17-4-2-13-12-14(21)3-5-15(13)16(17)6-9-20(18,19)11-10-19/h10-11,13,15-18H,2-9,12H2,1H3/t13?,15-,16?,17+,18?,19?,20?/m0/s1. The number of hydrogen-bond acceptors (Lipinski definition) is 1. The number of carbonyl (C=O) groups is 1. The van der Waals surface area contributed by atoms with Crippen molar-refractivity contribution in [3.05, 3.63) is 12.2 Å². The second kappa shape index (κ2) is 4.03. The molecule has 0 aromatic carbocycles.